The second-order valence-corrected chi connectivity index (χ2v) is 7.20. The zero-order valence-corrected chi connectivity index (χ0v) is 16.6. The summed E-state index contributed by atoms with van der Waals surface area (Å²) in [4.78, 5) is 12.6. The molecule has 1 aliphatic rings. The first-order valence-electron chi connectivity index (χ1n) is 9.42. The van der Waals surface area contributed by atoms with E-state index < -0.39 is 0 Å². The van der Waals surface area contributed by atoms with Gasteiger partial charge in [-0.05, 0) is 43.7 Å². The third-order valence-electron chi connectivity index (χ3n) is 5.33. The van der Waals surface area contributed by atoms with E-state index in [0.29, 0.717) is 28.9 Å². The largest absolute Gasteiger partial charge is 0.504 e. The Morgan fingerprint density at radius 2 is 2.00 bits per heavy atom. The molecule has 5 rings (SSSR count). The number of aromatic hydroxyl groups is 1. The van der Waals surface area contributed by atoms with Crippen LogP contribution in [-0.2, 0) is 4.79 Å². The van der Waals surface area contributed by atoms with Crippen molar-refractivity contribution in [2.24, 2.45) is 0 Å². The van der Waals surface area contributed by atoms with Gasteiger partial charge in [-0.15, -0.1) is 15.3 Å². The summed E-state index contributed by atoms with van der Waals surface area (Å²) in [6.45, 7) is 3.72. The summed E-state index contributed by atoms with van der Waals surface area (Å²) in [7, 11) is 1.50. The van der Waals surface area contributed by atoms with Crippen LogP contribution in [0.1, 0.15) is 35.0 Å². The number of carbonyl (C=O) groups is 1. The third kappa shape index (κ3) is 2.68. The molecule has 1 atom stereocenters. The molecule has 1 aromatic carbocycles. The number of amides is 1. The van der Waals surface area contributed by atoms with Gasteiger partial charge < -0.3 is 15.2 Å². The number of aromatic nitrogens is 6. The molecule has 30 heavy (non-hydrogen) atoms. The molecule has 4 heterocycles. The van der Waals surface area contributed by atoms with E-state index in [4.69, 9.17) is 4.74 Å². The number of phenols is 1. The number of methoxy groups -OCH3 is 1. The van der Waals surface area contributed by atoms with E-state index in [0.717, 1.165) is 16.8 Å². The lowest BCUT2D eigenvalue weighted by molar-refractivity contribution is -0.116. The van der Waals surface area contributed by atoms with Crippen LogP contribution < -0.4 is 10.1 Å². The van der Waals surface area contributed by atoms with Crippen LogP contribution in [-0.4, -0.2) is 47.7 Å². The average molecular weight is 405 g/mol. The Hall–Kier alpha value is -3.95. The van der Waals surface area contributed by atoms with Crippen LogP contribution in [0.5, 0.6) is 11.5 Å². The van der Waals surface area contributed by atoms with Crippen molar-refractivity contribution in [3.63, 3.8) is 0 Å². The van der Waals surface area contributed by atoms with Crippen LogP contribution in [0.3, 0.4) is 0 Å². The van der Waals surface area contributed by atoms with Crippen LogP contribution in [0.4, 0.5) is 5.82 Å². The second kappa shape index (κ2) is 6.55. The number of benzene rings is 1. The van der Waals surface area contributed by atoms with Crippen molar-refractivity contribution >= 4 is 17.4 Å². The van der Waals surface area contributed by atoms with Gasteiger partial charge in [-0.1, -0.05) is 6.07 Å². The predicted octanol–water partition coefficient (Wildman–Crippen LogP) is 2.12. The molecule has 152 valence electrons. The fourth-order valence-corrected chi connectivity index (χ4v) is 3.91. The van der Waals surface area contributed by atoms with Crippen LogP contribution >= 0.6 is 0 Å². The highest BCUT2D eigenvalue weighted by Crippen LogP contribution is 2.42. The lowest BCUT2D eigenvalue weighted by Crippen LogP contribution is -2.25. The number of fused-ring (bicyclic) bond motifs is 2. The SMILES string of the molecule is COc1cc([C@H]2CC(=O)Nc3c2c(C)nn3-c2ccc3nnc(C)n3n2)ccc1O. The molecule has 0 fully saturated rings. The Kier molecular flexibility index (Phi) is 3.95. The predicted molar refractivity (Wildman–Crippen MR) is 107 cm³/mol. The van der Waals surface area contributed by atoms with Crippen molar-refractivity contribution in [3.8, 4) is 17.3 Å². The highest BCUT2D eigenvalue weighted by molar-refractivity contribution is 5.95. The molecule has 1 aliphatic heterocycles. The molecule has 0 saturated carbocycles. The first-order valence-corrected chi connectivity index (χ1v) is 9.42. The van der Waals surface area contributed by atoms with Gasteiger partial charge in [0.25, 0.3) is 0 Å². The van der Waals surface area contributed by atoms with Gasteiger partial charge in [0, 0.05) is 17.9 Å². The number of rotatable bonds is 3. The van der Waals surface area contributed by atoms with Gasteiger partial charge in [-0.25, -0.2) is 0 Å². The molecule has 3 aromatic heterocycles. The minimum Gasteiger partial charge on any atom is -0.504 e. The average Bonchev–Trinajstić information content (AvgIpc) is 3.27. The number of carbonyl (C=O) groups excluding carboxylic acids is 1. The van der Waals surface area contributed by atoms with Crippen molar-refractivity contribution in [2.45, 2.75) is 26.2 Å². The van der Waals surface area contributed by atoms with Crippen LogP contribution in [0.2, 0.25) is 0 Å². The molecule has 10 nitrogen and oxygen atoms in total. The van der Waals surface area contributed by atoms with Gasteiger partial charge in [0.2, 0.25) is 5.91 Å². The van der Waals surface area contributed by atoms with Crippen molar-refractivity contribution < 1.29 is 14.6 Å². The number of nitrogens with zero attached hydrogens (tertiary/aromatic N) is 6. The van der Waals surface area contributed by atoms with Crippen molar-refractivity contribution in [1.29, 1.82) is 0 Å². The molecule has 4 aromatic rings. The van der Waals surface area contributed by atoms with Gasteiger partial charge in [0.15, 0.2) is 28.8 Å². The molecule has 10 heteroatoms. The Morgan fingerprint density at radius 3 is 2.80 bits per heavy atom. The van der Waals surface area contributed by atoms with E-state index in [-0.39, 0.29) is 24.0 Å². The van der Waals surface area contributed by atoms with E-state index in [1.54, 1.807) is 39.5 Å². The minimum atomic E-state index is -0.225. The fourth-order valence-electron chi connectivity index (χ4n) is 3.91. The minimum absolute atomic E-state index is 0.0518. The van der Waals surface area contributed by atoms with E-state index >= 15 is 0 Å². The number of phenolic OH excluding ortho intramolecular Hbond substituents is 1. The molecule has 0 radical (unpaired) electrons. The quantitative estimate of drug-likeness (QED) is 0.536. The zero-order valence-electron chi connectivity index (χ0n) is 16.6. The Balaban J connectivity index is 1.67. The molecule has 0 unspecified atom stereocenters. The topological polar surface area (TPSA) is 119 Å². The smallest absolute Gasteiger partial charge is 0.226 e. The fraction of sp³-hybridized carbons (Fsp3) is 0.250. The Labute approximate surface area is 171 Å². The highest BCUT2D eigenvalue weighted by atomic mass is 16.5. The van der Waals surface area contributed by atoms with Crippen LogP contribution in [0.15, 0.2) is 30.3 Å². The maximum atomic E-state index is 12.6. The summed E-state index contributed by atoms with van der Waals surface area (Å²) < 4.78 is 8.51. The molecule has 0 spiro atoms. The Bertz CT molecular complexity index is 1310. The monoisotopic (exact) mass is 405 g/mol. The summed E-state index contributed by atoms with van der Waals surface area (Å²) in [6, 6.07) is 8.72. The summed E-state index contributed by atoms with van der Waals surface area (Å²) >= 11 is 0. The van der Waals surface area contributed by atoms with E-state index in [1.165, 1.54) is 7.11 Å². The molecular formula is C20H19N7O3. The molecule has 2 N–H and O–H groups in total. The highest BCUT2D eigenvalue weighted by Gasteiger charge is 2.33. The number of ether oxygens (including phenoxy) is 1. The zero-order chi connectivity index (χ0) is 21.0. The van der Waals surface area contributed by atoms with E-state index in [9.17, 15) is 9.90 Å². The molecule has 0 bridgehead atoms. The first kappa shape index (κ1) is 18.1. The molecule has 0 aliphatic carbocycles. The van der Waals surface area contributed by atoms with Crippen molar-refractivity contribution in [2.75, 3.05) is 12.4 Å². The standard InChI is InChI=1S/C20H19N7O3/c1-10-19-13(12-4-5-14(28)15(8-12)30-3)9-18(29)21-20(19)27(24-10)17-7-6-16-23-22-11(2)26(16)25-17/h4-8,13,28H,9H2,1-3H3,(H,21,29)/t13-/m1/s1. The van der Waals surface area contributed by atoms with Gasteiger partial charge in [0.1, 0.15) is 5.82 Å². The maximum absolute atomic E-state index is 12.6. The van der Waals surface area contributed by atoms with Crippen LogP contribution in [0.25, 0.3) is 11.5 Å². The first-order chi connectivity index (χ1) is 14.5. The molecule has 0 saturated heterocycles. The summed E-state index contributed by atoms with van der Waals surface area (Å²) in [5.74, 6) is 1.84. The number of hydrogen-bond donors (Lipinski definition) is 2. The molecular weight excluding hydrogens is 386 g/mol. The lowest BCUT2D eigenvalue weighted by atomic mass is 9.85. The molecule has 1 amide bonds. The van der Waals surface area contributed by atoms with Crippen molar-refractivity contribution in [1.82, 2.24) is 29.6 Å². The van der Waals surface area contributed by atoms with Gasteiger partial charge in [-0.2, -0.15) is 14.3 Å². The third-order valence-corrected chi connectivity index (χ3v) is 5.33. The number of hydrogen-bond acceptors (Lipinski definition) is 7. The van der Waals surface area contributed by atoms with Crippen molar-refractivity contribution in [3.05, 3.63) is 53.0 Å². The lowest BCUT2D eigenvalue weighted by Gasteiger charge is -2.24. The van der Waals surface area contributed by atoms with Gasteiger partial charge in [0.05, 0.1) is 12.8 Å². The normalized spacial score (nSPS) is 15.8. The summed E-state index contributed by atoms with van der Waals surface area (Å²) in [5, 5.41) is 30.2. The summed E-state index contributed by atoms with van der Waals surface area (Å²) in [5.41, 5.74) is 3.18. The second-order valence-electron chi connectivity index (χ2n) is 7.20. The number of anilines is 1. The van der Waals surface area contributed by atoms with Gasteiger partial charge in [-0.3, -0.25) is 4.79 Å². The summed E-state index contributed by atoms with van der Waals surface area (Å²) in [6.07, 6.45) is 0.268. The van der Waals surface area contributed by atoms with Gasteiger partial charge >= 0.3 is 0 Å². The van der Waals surface area contributed by atoms with Crippen LogP contribution in [0, 0.1) is 13.8 Å². The Morgan fingerprint density at radius 1 is 1.17 bits per heavy atom. The van der Waals surface area contributed by atoms with E-state index in [2.05, 4.69) is 25.7 Å². The number of nitrogens with one attached hydrogen (secondary N) is 1. The maximum Gasteiger partial charge on any atom is 0.226 e. The van der Waals surface area contributed by atoms with E-state index in [1.807, 2.05) is 13.8 Å². The number of aryl methyl sites for hydroxylation is 2.